The first kappa shape index (κ1) is 11.1. The first-order chi connectivity index (χ1) is 8.86. The number of fused-ring (bicyclic) bond motifs is 2. The molecule has 0 atom stereocenters. The Kier molecular flexibility index (Phi) is 2.87. The number of rotatable bonds is 3. The molecule has 0 aliphatic rings. The van der Waals surface area contributed by atoms with Crippen molar-refractivity contribution in [3.05, 3.63) is 54.6 Å². The van der Waals surface area contributed by atoms with Gasteiger partial charge in [0.2, 0.25) is 0 Å². The summed E-state index contributed by atoms with van der Waals surface area (Å²) in [6.07, 6.45) is 0. The second kappa shape index (κ2) is 4.67. The molecular weight excluding hydrogens is 224 g/mol. The van der Waals surface area contributed by atoms with Crippen molar-refractivity contribution in [1.82, 2.24) is 0 Å². The Morgan fingerprint density at radius 1 is 0.778 bits per heavy atom. The Hall–Kier alpha value is -2.06. The van der Waals surface area contributed by atoms with Gasteiger partial charge in [0.25, 0.3) is 0 Å². The molecule has 0 saturated carbocycles. The number of hydrogen-bond donors (Lipinski definition) is 1. The van der Waals surface area contributed by atoms with Gasteiger partial charge >= 0.3 is 0 Å². The molecule has 0 aliphatic carbocycles. The summed E-state index contributed by atoms with van der Waals surface area (Å²) in [5, 5.41) is 13.6. The topological polar surface area (TPSA) is 29.5 Å². The van der Waals surface area contributed by atoms with Crippen molar-refractivity contribution in [2.75, 3.05) is 13.2 Å². The summed E-state index contributed by atoms with van der Waals surface area (Å²) in [5.41, 5.74) is 0. The van der Waals surface area contributed by atoms with E-state index in [1.165, 1.54) is 16.2 Å². The maximum atomic E-state index is 8.76. The van der Waals surface area contributed by atoms with Gasteiger partial charge < -0.3 is 9.84 Å². The van der Waals surface area contributed by atoms with Crippen molar-refractivity contribution in [3.63, 3.8) is 0 Å². The van der Waals surface area contributed by atoms with Gasteiger partial charge in [-0.05, 0) is 45.8 Å². The molecule has 2 nitrogen and oxygen atoms in total. The van der Waals surface area contributed by atoms with E-state index in [9.17, 15) is 0 Å². The molecule has 0 radical (unpaired) electrons. The largest absolute Gasteiger partial charge is 0.491 e. The fourth-order valence-electron chi connectivity index (χ4n) is 2.17. The van der Waals surface area contributed by atoms with Gasteiger partial charge in [-0.25, -0.2) is 0 Å². The minimum absolute atomic E-state index is 0.0375. The molecule has 0 spiro atoms. The molecule has 3 aromatic carbocycles. The zero-order valence-corrected chi connectivity index (χ0v) is 9.97. The van der Waals surface area contributed by atoms with Crippen LogP contribution in [0.15, 0.2) is 54.6 Å². The molecule has 2 heteroatoms. The Morgan fingerprint density at radius 3 is 2.17 bits per heavy atom. The van der Waals surface area contributed by atoms with Crippen LogP contribution in [-0.4, -0.2) is 18.3 Å². The quantitative estimate of drug-likeness (QED) is 0.709. The minimum Gasteiger partial charge on any atom is -0.491 e. The summed E-state index contributed by atoms with van der Waals surface area (Å²) in [7, 11) is 0. The number of ether oxygens (including phenoxy) is 1. The zero-order chi connectivity index (χ0) is 12.4. The van der Waals surface area contributed by atoms with Gasteiger partial charge in [0.05, 0.1) is 6.61 Å². The van der Waals surface area contributed by atoms with E-state index in [1.54, 1.807) is 0 Å². The Bertz CT molecular complexity index is 689. The lowest BCUT2D eigenvalue weighted by Gasteiger charge is -2.07. The van der Waals surface area contributed by atoms with Crippen molar-refractivity contribution in [3.8, 4) is 5.75 Å². The summed E-state index contributed by atoms with van der Waals surface area (Å²) in [6, 6.07) is 18.7. The number of hydrogen-bond acceptors (Lipinski definition) is 2. The van der Waals surface area contributed by atoms with Crippen LogP contribution in [0.4, 0.5) is 0 Å². The molecule has 3 rings (SSSR count). The molecule has 0 fully saturated rings. The standard InChI is InChI=1S/C16H14O2/c17-7-8-18-16-6-5-14-9-12-3-1-2-4-13(12)10-15(14)11-16/h1-6,9-11,17H,7-8H2. The van der Waals surface area contributed by atoms with Gasteiger partial charge in [-0.2, -0.15) is 0 Å². The lowest BCUT2D eigenvalue weighted by molar-refractivity contribution is 0.201. The van der Waals surface area contributed by atoms with E-state index >= 15 is 0 Å². The van der Waals surface area contributed by atoms with Gasteiger partial charge in [0, 0.05) is 0 Å². The highest BCUT2D eigenvalue weighted by molar-refractivity contribution is 5.98. The Labute approximate surface area is 105 Å². The van der Waals surface area contributed by atoms with E-state index in [1.807, 2.05) is 24.3 Å². The predicted molar refractivity (Wildman–Crippen MR) is 74.0 cm³/mol. The predicted octanol–water partition coefficient (Wildman–Crippen LogP) is 3.36. The average molecular weight is 238 g/mol. The van der Waals surface area contributed by atoms with Crippen molar-refractivity contribution in [2.24, 2.45) is 0 Å². The maximum Gasteiger partial charge on any atom is 0.120 e. The summed E-state index contributed by atoms with van der Waals surface area (Å²) in [4.78, 5) is 0. The highest BCUT2D eigenvalue weighted by atomic mass is 16.5. The first-order valence-electron chi connectivity index (χ1n) is 6.03. The van der Waals surface area contributed by atoms with Gasteiger partial charge in [0.15, 0.2) is 0 Å². The first-order valence-corrected chi connectivity index (χ1v) is 6.03. The highest BCUT2D eigenvalue weighted by Gasteiger charge is 2.00. The fraction of sp³-hybridized carbons (Fsp3) is 0.125. The summed E-state index contributed by atoms with van der Waals surface area (Å²) in [5.74, 6) is 0.798. The smallest absolute Gasteiger partial charge is 0.120 e. The van der Waals surface area contributed by atoms with Gasteiger partial charge in [-0.3, -0.25) is 0 Å². The SMILES string of the molecule is OCCOc1ccc2cc3ccccc3cc2c1. The third-order valence-electron chi connectivity index (χ3n) is 3.04. The lowest BCUT2D eigenvalue weighted by Crippen LogP contribution is -2.01. The molecule has 90 valence electrons. The molecule has 0 heterocycles. The van der Waals surface area contributed by atoms with Crippen LogP contribution in [0.2, 0.25) is 0 Å². The molecule has 18 heavy (non-hydrogen) atoms. The monoisotopic (exact) mass is 238 g/mol. The van der Waals surface area contributed by atoms with E-state index in [4.69, 9.17) is 9.84 Å². The number of aliphatic hydroxyl groups excluding tert-OH is 1. The molecule has 3 aromatic rings. The summed E-state index contributed by atoms with van der Waals surface area (Å²) >= 11 is 0. The number of benzene rings is 3. The number of aliphatic hydroxyl groups is 1. The molecule has 0 aromatic heterocycles. The van der Waals surface area contributed by atoms with Crippen LogP contribution in [-0.2, 0) is 0 Å². The third-order valence-corrected chi connectivity index (χ3v) is 3.04. The lowest BCUT2D eigenvalue weighted by atomic mass is 10.0. The zero-order valence-electron chi connectivity index (χ0n) is 9.97. The van der Waals surface area contributed by atoms with Crippen LogP contribution in [0, 0.1) is 0 Å². The van der Waals surface area contributed by atoms with Crippen LogP contribution in [0.3, 0.4) is 0 Å². The third kappa shape index (κ3) is 2.03. The van der Waals surface area contributed by atoms with E-state index in [0.29, 0.717) is 6.61 Å². The van der Waals surface area contributed by atoms with Gasteiger partial charge in [0.1, 0.15) is 12.4 Å². The summed E-state index contributed by atoms with van der Waals surface area (Å²) < 4.78 is 5.43. The van der Waals surface area contributed by atoms with E-state index in [0.717, 1.165) is 11.1 Å². The highest BCUT2D eigenvalue weighted by Crippen LogP contribution is 2.26. The van der Waals surface area contributed by atoms with Crippen molar-refractivity contribution in [2.45, 2.75) is 0 Å². The molecule has 0 aliphatic heterocycles. The van der Waals surface area contributed by atoms with Crippen LogP contribution in [0.1, 0.15) is 0 Å². The van der Waals surface area contributed by atoms with E-state index < -0.39 is 0 Å². The van der Waals surface area contributed by atoms with Crippen LogP contribution in [0.25, 0.3) is 21.5 Å². The molecular formula is C16H14O2. The Morgan fingerprint density at radius 2 is 1.44 bits per heavy atom. The van der Waals surface area contributed by atoms with Crippen molar-refractivity contribution >= 4 is 21.5 Å². The van der Waals surface area contributed by atoms with Crippen molar-refractivity contribution in [1.29, 1.82) is 0 Å². The van der Waals surface area contributed by atoms with Gasteiger partial charge in [-0.15, -0.1) is 0 Å². The summed E-state index contributed by atoms with van der Waals surface area (Å²) in [6.45, 7) is 0.370. The van der Waals surface area contributed by atoms with Crippen molar-refractivity contribution < 1.29 is 9.84 Å². The normalized spacial score (nSPS) is 10.9. The second-order valence-electron chi connectivity index (χ2n) is 4.28. The minimum atomic E-state index is 0.0375. The maximum absolute atomic E-state index is 8.76. The fourth-order valence-corrected chi connectivity index (χ4v) is 2.17. The van der Waals surface area contributed by atoms with Crippen LogP contribution < -0.4 is 4.74 Å². The van der Waals surface area contributed by atoms with Gasteiger partial charge in [-0.1, -0.05) is 30.3 Å². The van der Waals surface area contributed by atoms with E-state index in [2.05, 4.69) is 30.3 Å². The molecule has 0 unspecified atom stereocenters. The average Bonchev–Trinajstić information content (AvgIpc) is 2.42. The van der Waals surface area contributed by atoms with Crippen LogP contribution >= 0.6 is 0 Å². The molecule has 0 bridgehead atoms. The molecule has 0 saturated heterocycles. The van der Waals surface area contributed by atoms with Crippen LogP contribution in [0.5, 0.6) is 5.75 Å². The molecule has 0 amide bonds. The second-order valence-corrected chi connectivity index (χ2v) is 4.28. The Balaban J connectivity index is 2.12. The molecule has 1 N–H and O–H groups in total. The van der Waals surface area contributed by atoms with E-state index in [-0.39, 0.29) is 6.61 Å².